The van der Waals surface area contributed by atoms with E-state index in [1.807, 2.05) is 13.3 Å². The Morgan fingerprint density at radius 1 is 1.07 bits per heavy atom. The highest BCUT2D eigenvalue weighted by molar-refractivity contribution is 5.85. The lowest BCUT2D eigenvalue weighted by atomic mass is 9.89. The van der Waals surface area contributed by atoms with Gasteiger partial charge in [-0.3, -0.25) is 9.79 Å². The van der Waals surface area contributed by atoms with Crippen molar-refractivity contribution in [3.63, 3.8) is 0 Å². The minimum Gasteiger partial charge on any atom is -0.371 e. The van der Waals surface area contributed by atoms with Crippen molar-refractivity contribution in [1.82, 2.24) is 9.80 Å². The number of hydrogen-bond donors (Lipinski definition) is 0. The molecule has 0 bridgehead atoms. The Bertz CT molecular complexity index is 1170. The van der Waals surface area contributed by atoms with Crippen LogP contribution in [0.15, 0.2) is 83.1 Å². The van der Waals surface area contributed by atoms with Crippen LogP contribution < -0.4 is 4.90 Å². The molecule has 1 saturated carbocycles. The number of carbonyl (C=O) groups is 1. The zero-order valence-corrected chi connectivity index (χ0v) is 25.0. The average Bonchev–Trinajstić information content (AvgIpc) is 3.82. The first kappa shape index (κ1) is 29.8. The lowest BCUT2D eigenvalue weighted by Crippen LogP contribution is -2.46. The number of ketones is 1. The number of likely N-dealkylation sites (N-methyl/N-ethyl adjacent to an activating group) is 1. The maximum Gasteiger partial charge on any atom is 0.139 e. The molecule has 1 aromatic carbocycles. The van der Waals surface area contributed by atoms with Gasteiger partial charge in [0.1, 0.15) is 5.78 Å². The quantitative estimate of drug-likeness (QED) is 0.194. The number of rotatable bonds is 14. The first-order valence-corrected chi connectivity index (χ1v) is 15.2. The van der Waals surface area contributed by atoms with Crippen LogP contribution in [0.5, 0.6) is 0 Å². The molecule has 2 fully saturated rings. The van der Waals surface area contributed by atoms with Gasteiger partial charge < -0.3 is 14.7 Å². The van der Waals surface area contributed by atoms with Gasteiger partial charge in [-0.15, -0.1) is 0 Å². The summed E-state index contributed by atoms with van der Waals surface area (Å²) in [4.78, 5) is 24.0. The van der Waals surface area contributed by atoms with E-state index in [1.165, 1.54) is 28.1 Å². The van der Waals surface area contributed by atoms with Crippen LogP contribution in [0.25, 0.3) is 5.57 Å². The Hall–Kier alpha value is -3.18. The van der Waals surface area contributed by atoms with E-state index in [0.29, 0.717) is 18.1 Å². The van der Waals surface area contributed by atoms with Crippen molar-refractivity contribution < 1.29 is 4.79 Å². The molecule has 1 aliphatic heterocycles. The predicted molar refractivity (Wildman–Crippen MR) is 171 cm³/mol. The SMILES string of the molecule is C=C1C=C(c2ccc(N3CCN(CC)CC3)cc2)C=C(/C(=C\C=NC)N(CCC)CCC(=C)CC(=O)C2CC2)C1. The molecule has 0 atom stereocenters. The molecule has 1 heterocycles. The maximum atomic E-state index is 12.3. The molecule has 0 radical (unpaired) electrons. The fourth-order valence-electron chi connectivity index (χ4n) is 5.67. The van der Waals surface area contributed by atoms with E-state index in [-0.39, 0.29) is 0 Å². The summed E-state index contributed by atoms with van der Waals surface area (Å²) in [6, 6.07) is 9.03. The molecule has 0 spiro atoms. The summed E-state index contributed by atoms with van der Waals surface area (Å²) in [5.41, 5.74) is 8.31. The molecule has 5 nitrogen and oxygen atoms in total. The molecule has 0 N–H and O–H groups in total. The standard InChI is InChI=1S/C35H48N4O/c1-6-17-39(18-15-27(3)25-35(40)30-8-9-30)34(14-16-36-5)32-24-28(4)23-31(26-32)29-10-12-33(13-11-29)38-21-19-37(7-2)20-22-38/h10-14,16,23,26,30H,3-4,6-9,15,17-22,24-25H2,1-2,5H3/b34-14+,36-16?. The van der Waals surface area contributed by atoms with Crippen LogP contribution >= 0.6 is 0 Å². The van der Waals surface area contributed by atoms with Gasteiger partial charge in [-0.1, -0.05) is 56.4 Å². The van der Waals surface area contributed by atoms with E-state index < -0.39 is 0 Å². The van der Waals surface area contributed by atoms with Crippen LogP contribution in [-0.2, 0) is 4.79 Å². The number of anilines is 1. The molecule has 4 rings (SSSR count). The molecule has 0 aromatic heterocycles. The average molecular weight is 541 g/mol. The monoisotopic (exact) mass is 540 g/mol. The topological polar surface area (TPSA) is 39.1 Å². The lowest BCUT2D eigenvalue weighted by Gasteiger charge is -2.35. The summed E-state index contributed by atoms with van der Waals surface area (Å²) in [7, 11) is 1.81. The van der Waals surface area contributed by atoms with Gasteiger partial charge in [-0.25, -0.2) is 0 Å². The number of benzene rings is 1. The highest BCUT2D eigenvalue weighted by Crippen LogP contribution is 2.35. The number of hydrogen-bond acceptors (Lipinski definition) is 5. The summed E-state index contributed by atoms with van der Waals surface area (Å²) in [6.07, 6.45) is 13.9. The van der Waals surface area contributed by atoms with Crippen LogP contribution in [0.1, 0.15) is 57.9 Å². The highest BCUT2D eigenvalue weighted by atomic mass is 16.1. The van der Waals surface area contributed by atoms with E-state index in [0.717, 1.165) is 89.1 Å². The van der Waals surface area contributed by atoms with Gasteiger partial charge in [0, 0.05) is 76.3 Å². The third kappa shape index (κ3) is 8.17. The van der Waals surface area contributed by atoms with Gasteiger partial charge in [0.2, 0.25) is 0 Å². The maximum absolute atomic E-state index is 12.3. The second-order valence-electron chi connectivity index (χ2n) is 11.4. The van der Waals surface area contributed by atoms with E-state index in [9.17, 15) is 4.79 Å². The van der Waals surface area contributed by atoms with Crippen LogP contribution in [0.3, 0.4) is 0 Å². The van der Waals surface area contributed by atoms with Gasteiger partial charge >= 0.3 is 0 Å². The zero-order chi connectivity index (χ0) is 28.5. The minimum atomic E-state index is 0.295. The Balaban J connectivity index is 1.50. The summed E-state index contributed by atoms with van der Waals surface area (Å²) < 4.78 is 0. The molecular weight excluding hydrogens is 492 g/mol. The van der Waals surface area contributed by atoms with Crippen molar-refractivity contribution in [2.24, 2.45) is 10.9 Å². The van der Waals surface area contributed by atoms with E-state index >= 15 is 0 Å². The van der Waals surface area contributed by atoms with E-state index in [1.54, 1.807) is 0 Å². The fraction of sp³-hybridized carbons (Fsp3) is 0.486. The third-order valence-electron chi connectivity index (χ3n) is 8.23. The number of carbonyl (C=O) groups excluding carboxylic acids is 1. The molecule has 40 heavy (non-hydrogen) atoms. The number of Topliss-reactive ketones (excluding diaryl/α,β-unsaturated/α-hetero) is 1. The van der Waals surface area contributed by atoms with Gasteiger partial charge in [-0.2, -0.15) is 0 Å². The van der Waals surface area contributed by atoms with Gasteiger partial charge in [-0.05, 0) is 79.6 Å². The van der Waals surface area contributed by atoms with E-state index in [4.69, 9.17) is 0 Å². The molecule has 1 aromatic rings. The minimum absolute atomic E-state index is 0.295. The third-order valence-corrected chi connectivity index (χ3v) is 8.23. The number of aliphatic imine (C=N–C) groups is 1. The van der Waals surface area contributed by atoms with Crippen LogP contribution in [0.4, 0.5) is 5.69 Å². The predicted octanol–water partition coefficient (Wildman–Crippen LogP) is 6.71. The summed E-state index contributed by atoms with van der Waals surface area (Å²) in [6.45, 7) is 20.4. The number of nitrogens with zero attached hydrogens (tertiary/aromatic N) is 4. The number of allylic oxidation sites excluding steroid dienone is 6. The highest BCUT2D eigenvalue weighted by Gasteiger charge is 2.29. The Labute approximate surface area is 242 Å². The van der Waals surface area contributed by atoms with Gasteiger partial charge in [0.25, 0.3) is 0 Å². The second-order valence-corrected chi connectivity index (χ2v) is 11.4. The molecule has 214 valence electrons. The Morgan fingerprint density at radius 2 is 1.80 bits per heavy atom. The van der Waals surface area contributed by atoms with Crippen molar-refractivity contribution >= 4 is 23.3 Å². The molecule has 0 amide bonds. The zero-order valence-electron chi connectivity index (χ0n) is 25.0. The van der Waals surface area contributed by atoms with Crippen molar-refractivity contribution in [2.45, 2.75) is 52.4 Å². The molecule has 1 saturated heterocycles. The normalized spacial score (nSPS) is 18.6. The van der Waals surface area contributed by atoms with E-state index in [2.05, 4.69) is 89.2 Å². The van der Waals surface area contributed by atoms with Crippen molar-refractivity contribution in [1.29, 1.82) is 0 Å². The van der Waals surface area contributed by atoms with Crippen LogP contribution in [0.2, 0.25) is 0 Å². The second kappa shape index (κ2) is 14.5. The van der Waals surface area contributed by atoms with Crippen molar-refractivity contribution in [3.05, 3.63) is 83.6 Å². The molecular formula is C35H48N4O. The van der Waals surface area contributed by atoms with Crippen LogP contribution in [-0.4, -0.2) is 74.7 Å². The summed E-state index contributed by atoms with van der Waals surface area (Å²) >= 11 is 0. The fourth-order valence-corrected chi connectivity index (χ4v) is 5.67. The van der Waals surface area contributed by atoms with Crippen molar-refractivity contribution in [2.75, 3.05) is 57.8 Å². The molecule has 0 unspecified atom stereocenters. The van der Waals surface area contributed by atoms with Crippen LogP contribution in [0, 0.1) is 5.92 Å². The smallest absolute Gasteiger partial charge is 0.139 e. The lowest BCUT2D eigenvalue weighted by molar-refractivity contribution is -0.119. The summed E-state index contributed by atoms with van der Waals surface area (Å²) in [5.74, 6) is 0.667. The van der Waals surface area contributed by atoms with Gasteiger partial charge in [0.05, 0.1) is 0 Å². The number of piperazine rings is 1. The Morgan fingerprint density at radius 3 is 2.42 bits per heavy atom. The Kier molecular flexibility index (Phi) is 10.8. The largest absolute Gasteiger partial charge is 0.371 e. The first-order valence-electron chi connectivity index (χ1n) is 15.2. The molecule has 5 heteroatoms. The van der Waals surface area contributed by atoms with Gasteiger partial charge in [0.15, 0.2) is 0 Å². The summed E-state index contributed by atoms with van der Waals surface area (Å²) in [5, 5.41) is 0. The first-order chi connectivity index (χ1) is 19.4. The molecule has 2 aliphatic carbocycles. The molecule has 3 aliphatic rings. The van der Waals surface area contributed by atoms with Crippen molar-refractivity contribution in [3.8, 4) is 0 Å².